The van der Waals surface area contributed by atoms with Crippen molar-refractivity contribution >= 4 is 11.6 Å². The van der Waals surface area contributed by atoms with E-state index in [-0.39, 0.29) is 11.8 Å². The molecule has 29 heavy (non-hydrogen) atoms. The molecule has 1 atom stereocenters. The van der Waals surface area contributed by atoms with Crippen molar-refractivity contribution in [1.82, 2.24) is 9.97 Å². The Balaban J connectivity index is 2.68. The first-order chi connectivity index (χ1) is 13.9. The second-order valence-corrected chi connectivity index (χ2v) is 6.83. The number of nitrogens with zero attached hydrogens (tertiary/aromatic N) is 3. The van der Waals surface area contributed by atoms with E-state index in [0.29, 0.717) is 46.7 Å². The van der Waals surface area contributed by atoms with E-state index in [2.05, 4.69) is 4.98 Å². The Kier molecular flexibility index (Phi) is 7.82. The number of amides is 1. The maximum absolute atomic E-state index is 13.0. The lowest BCUT2D eigenvalue weighted by atomic mass is 10.1. The van der Waals surface area contributed by atoms with Crippen LogP contribution in [-0.4, -0.2) is 43.7 Å². The minimum absolute atomic E-state index is 0.0435. The summed E-state index contributed by atoms with van der Waals surface area (Å²) in [5.41, 5.74) is 1.91. The smallest absolute Gasteiger partial charge is 0.241 e. The third-order valence-electron chi connectivity index (χ3n) is 4.89. The van der Waals surface area contributed by atoms with Crippen LogP contribution < -0.4 is 19.1 Å². The van der Waals surface area contributed by atoms with Crippen molar-refractivity contribution in [2.24, 2.45) is 5.92 Å². The molecule has 0 aliphatic rings. The second-order valence-electron chi connectivity index (χ2n) is 6.83. The summed E-state index contributed by atoms with van der Waals surface area (Å²) in [5, 5.41) is 0. The fourth-order valence-corrected chi connectivity index (χ4v) is 3.17. The Labute approximate surface area is 173 Å². The molecule has 0 saturated heterocycles. The number of aromatic nitrogens is 2. The van der Waals surface area contributed by atoms with Gasteiger partial charge in [0.1, 0.15) is 22.7 Å². The van der Waals surface area contributed by atoms with Crippen LogP contribution in [0.2, 0.25) is 0 Å². The van der Waals surface area contributed by atoms with Gasteiger partial charge in [-0.3, -0.25) is 4.79 Å². The van der Waals surface area contributed by atoms with Gasteiger partial charge in [0, 0.05) is 12.5 Å². The van der Waals surface area contributed by atoms with Crippen molar-refractivity contribution in [3.8, 4) is 28.8 Å². The number of methoxy groups -OCH3 is 3. The van der Waals surface area contributed by atoms with Crippen LogP contribution >= 0.6 is 0 Å². The first-order valence-corrected chi connectivity index (χ1v) is 9.88. The molecule has 1 heterocycles. The van der Waals surface area contributed by atoms with E-state index in [1.165, 1.54) is 0 Å². The zero-order chi connectivity index (χ0) is 21.6. The molecule has 0 fully saturated rings. The lowest BCUT2D eigenvalue weighted by Crippen LogP contribution is -2.36. The van der Waals surface area contributed by atoms with Gasteiger partial charge in [-0.15, -0.1) is 0 Å². The Morgan fingerprint density at radius 3 is 2.17 bits per heavy atom. The molecule has 1 aromatic heterocycles. The Morgan fingerprint density at radius 1 is 1.07 bits per heavy atom. The number of carbonyl (C=O) groups is 1. The van der Waals surface area contributed by atoms with E-state index < -0.39 is 0 Å². The maximum atomic E-state index is 13.0. The summed E-state index contributed by atoms with van der Waals surface area (Å²) in [7, 11) is 4.72. The zero-order valence-electron chi connectivity index (χ0n) is 18.4. The molecule has 158 valence electrons. The highest BCUT2D eigenvalue weighted by Gasteiger charge is 2.28. The minimum Gasteiger partial charge on any atom is -0.496 e. The molecule has 7 heteroatoms. The van der Waals surface area contributed by atoms with Gasteiger partial charge in [0.25, 0.3) is 0 Å². The third kappa shape index (κ3) is 4.60. The molecule has 0 spiro atoms. The highest BCUT2D eigenvalue weighted by molar-refractivity contribution is 5.96. The molecule has 0 radical (unpaired) electrons. The first-order valence-electron chi connectivity index (χ1n) is 9.88. The van der Waals surface area contributed by atoms with Crippen molar-refractivity contribution in [3.63, 3.8) is 0 Å². The normalized spacial score (nSPS) is 11.7. The number of anilines is 1. The molecule has 7 nitrogen and oxygen atoms in total. The van der Waals surface area contributed by atoms with Gasteiger partial charge in [-0.1, -0.05) is 26.8 Å². The highest BCUT2D eigenvalue weighted by atomic mass is 16.5. The number of hydrogen-bond donors (Lipinski definition) is 0. The molecule has 2 aromatic rings. The molecule has 0 aliphatic carbocycles. The van der Waals surface area contributed by atoms with Gasteiger partial charge in [-0.25, -0.2) is 4.98 Å². The summed E-state index contributed by atoms with van der Waals surface area (Å²) in [4.78, 5) is 24.1. The zero-order valence-corrected chi connectivity index (χ0v) is 18.4. The van der Waals surface area contributed by atoms with Crippen molar-refractivity contribution in [1.29, 1.82) is 0 Å². The standard InChI is InChI=1S/C22H31N3O4/c1-8-13-25(22(26)14(3)9-2)19-15(4)23-20(24-21(19)29-7)18-16(27-5)11-10-12-17(18)28-6/h10-12,14H,8-9,13H2,1-7H3. The van der Waals surface area contributed by atoms with Crippen LogP contribution in [0.4, 0.5) is 5.69 Å². The number of rotatable bonds is 9. The first kappa shape index (κ1) is 22.5. The van der Waals surface area contributed by atoms with Gasteiger partial charge in [0.2, 0.25) is 11.8 Å². The summed E-state index contributed by atoms with van der Waals surface area (Å²) in [6, 6.07) is 5.49. The van der Waals surface area contributed by atoms with Crippen LogP contribution in [-0.2, 0) is 4.79 Å². The minimum atomic E-state index is -0.0976. The summed E-state index contributed by atoms with van der Waals surface area (Å²) in [6.45, 7) is 8.40. The van der Waals surface area contributed by atoms with Gasteiger partial charge in [-0.2, -0.15) is 4.98 Å². The van der Waals surface area contributed by atoms with Gasteiger partial charge >= 0.3 is 0 Å². The van der Waals surface area contributed by atoms with Crippen LogP contribution in [0.3, 0.4) is 0 Å². The molecule has 0 N–H and O–H groups in total. The van der Waals surface area contributed by atoms with E-state index in [4.69, 9.17) is 19.2 Å². The molecular weight excluding hydrogens is 370 g/mol. The molecule has 0 saturated carbocycles. The van der Waals surface area contributed by atoms with E-state index in [1.807, 2.05) is 45.9 Å². The largest absolute Gasteiger partial charge is 0.496 e. The predicted octanol–water partition coefficient (Wildman–Crippen LogP) is 4.27. The number of benzene rings is 1. The molecular formula is C22H31N3O4. The van der Waals surface area contributed by atoms with E-state index in [9.17, 15) is 4.79 Å². The Hall–Kier alpha value is -2.83. The number of hydrogen-bond acceptors (Lipinski definition) is 6. The molecule has 1 unspecified atom stereocenters. The van der Waals surface area contributed by atoms with Gasteiger partial charge < -0.3 is 19.1 Å². The highest BCUT2D eigenvalue weighted by Crippen LogP contribution is 2.39. The van der Waals surface area contributed by atoms with Crippen LogP contribution in [0.25, 0.3) is 11.4 Å². The fourth-order valence-electron chi connectivity index (χ4n) is 3.17. The average molecular weight is 402 g/mol. The molecule has 2 rings (SSSR count). The predicted molar refractivity (Wildman–Crippen MR) is 114 cm³/mol. The average Bonchev–Trinajstić information content (AvgIpc) is 2.75. The van der Waals surface area contributed by atoms with Crippen molar-refractivity contribution in [3.05, 3.63) is 23.9 Å². The molecule has 1 amide bonds. The van der Waals surface area contributed by atoms with Crippen LogP contribution in [0.15, 0.2) is 18.2 Å². The molecule has 0 bridgehead atoms. The summed E-state index contributed by atoms with van der Waals surface area (Å²) in [5.74, 6) is 1.91. The van der Waals surface area contributed by atoms with Crippen molar-refractivity contribution in [2.75, 3.05) is 32.8 Å². The van der Waals surface area contributed by atoms with Gasteiger partial charge in [0.05, 0.1) is 27.0 Å². The fraction of sp³-hybridized carbons (Fsp3) is 0.500. The third-order valence-corrected chi connectivity index (χ3v) is 4.89. The molecule has 0 aliphatic heterocycles. The van der Waals surface area contributed by atoms with Gasteiger partial charge in [0.15, 0.2) is 5.82 Å². The lowest BCUT2D eigenvalue weighted by Gasteiger charge is -2.27. The van der Waals surface area contributed by atoms with Crippen molar-refractivity contribution < 1.29 is 19.0 Å². The second kappa shape index (κ2) is 10.1. The van der Waals surface area contributed by atoms with Crippen molar-refractivity contribution in [2.45, 2.75) is 40.5 Å². The monoisotopic (exact) mass is 401 g/mol. The quantitative estimate of drug-likeness (QED) is 0.625. The molecule has 1 aromatic carbocycles. The van der Waals surface area contributed by atoms with E-state index >= 15 is 0 Å². The van der Waals surface area contributed by atoms with Crippen LogP contribution in [0.5, 0.6) is 17.4 Å². The Bertz CT molecular complexity index is 832. The topological polar surface area (TPSA) is 73.8 Å². The number of carbonyl (C=O) groups excluding carboxylic acids is 1. The van der Waals surface area contributed by atoms with Crippen LogP contribution in [0.1, 0.15) is 39.3 Å². The Morgan fingerprint density at radius 2 is 1.69 bits per heavy atom. The lowest BCUT2D eigenvalue weighted by molar-refractivity contribution is -0.122. The summed E-state index contributed by atoms with van der Waals surface area (Å²) in [6.07, 6.45) is 1.57. The van der Waals surface area contributed by atoms with Gasteiger partial charge in [-0.05, 0) is 31.9 Å². The summed E-state index contributed by atoms with van der Waals surface area (Å²) < 4.78 is 16.6. The van der Waals surface area contributed by atoms with E-state index in [0.717, 1.165) is 12.8 Å². The number of aryl methyl sites for hydroxylation is 1. The SMILES string of the molecule is CCCN(C(=O)C(C)CC)c1c(C)nc(-c2c(OC)cccc2OC)nc1OC. The summed E-state index contributed by atoms with van der Waals surface area (Å²) >= 11 is 0. The van der Waals surface area contributed by atoms with Crippen LogP contribution in [0, 0.1) is 12.8 Å². The maximum Gasteiger partial charge on any atom is 0.241 e. The number of ether oxygens (including phenoxy) is 3. The van der Waals surface area contributed by atoms with E-state index in [1.54, 1.807) is 26.2 Å².